The van der Waals surface area contributed by atoms with Crippen molar-refractivity contribution in [2.75, 3.05) is 0 Å². The van der Waals surface area contributed by atoms with Crippen LogP contribution in [0, 0.1) is 0 Å². The standard InChI is InChI=1S/C15H17N/c1-3-5-6-7-12-8-9-14-13(10-12)11-16-15(14)4-2/h8-11H,2-3,5-7H2,1H3. The van der Waals surface area contributed by atoms with Crippen LogP contribution in [0.2, 0.25) is 0 Å². The first-order valence-electron chi connectivity index (χ1n) is 5.92. The molecule has 82 valence electrons. The molecule has 0 spiro atoms. The largest absolute Gasteiger partial charge is 0.247 e. The zero-order chi connectivity index (χ0) is 11.4. The molecule has 1 aromatic rings. The Balaban J connectivity index is 2.15. The highest BCUT2D eigenvalue weighted by molar-refractivity contribution is 5.97. The Labute approximate surface area is 97.2 Å². The van der Waals surface area contributed by atoms with E-state index in [9.17, 15) is 0 Å². The zero-order valence-electron chi connectivity index (χ0n) is 9.79. The van der Waals surface area contributed by atoms with Gasteiger partial charge in [0.1, 0.15) is 5.70 Å². The van der Waals surface area contributed by atoms with Crippen molar-refractivity contribution < 1.29 is 0 Å². The highest BCUT2D eigenvalue weighted by Crippen LogP contribution is 2.25. The summed E-state index contributed by atoms with van der Waals surface area (Å²) in [7, 11) is 0. The Morgan fingerprint density at radius 1 is 1.31 bits per heavy atom. The molecule has 0 radical (unpaired) electrons. The second-order valence-electron chi connectivity index (χ2n) is 4.16. The lowest BCUT2D eigenvalue weighted by Gasteiger charge is -2.03. The Kier molecular flexibility index (Phi) is 3.38. The van der Waals surface area contributed by atoms with Crippen molar-refractivity contribution in [1.82, 2.24) is 0 Å². The molecule has 0 saturated heterocycles. The Bertz CT molecular complexity index is 462. The highest BCUT2D eigenvalue weighted by Gasteiger charge is 2.11. The van der Waals surface area contributed by atoms with Gasteiger partial charge in [-0.25, -0.2) is 4.99 Å². The van der Waals surface area contributed by atoms with Gasteiger partial charge in [-0.05, 0) is 24.5 Å². The molecule has 0 amide bonds. The first-order valence-corrected chi connectivity index (χ1v) is 5.92. The van der Waals surface area contributed by atoms with Gasteiger partial charge in [0.2, 0.25) is 0 Å². The van der Waals surface area contributed by atoms with E-state index in [-0.39, 0.29) is 0 Å². The lowest BCUT2D eigenvalue weighted by Crippen LogP contribution is -1.90. The highest BCUT2D eigenvalue weighted by atomic mass is 14.8. The molecular weight excluding hydrogens is 194 g/mol. The molecule has 0 saturated carbocycles. The van der Waals surface area contributed by atoms with E-state index in [1.165, 1.54) is 36.8 Å². The quantitative estimate of drug-likeness (QED) is 0.527. The number of unbranched alkanes of at least 4 members (excludes halogenated alkanes) is 2. The van der Waals surface area contributed by atoms with Crippen molar-refractivity contribution in [3.05, 3.63) is 47.2 Å². The van der Waals surface area contributed by atoms with Crippen LogP contribution in [0.15, 0.2) is 35.5 Å². The number of aryl methyl sites for hydroxylation is 1. The maximum atomic E-state index is 4.28. The van der Waals surface area contributed by atoms with Gasteiger partial charge in [0.15, 0.2) is 0 Å². The van der Waals surface area contributed by atoms with E-state index in [1.54, 1.807) is 0 Å². The number of hydrogen-bond donors (Lipinski definition) is 0. The molecule has 0 aliphatic carbocycles. The van der Waals surface area contributed by atoms with E-state index in [0.717, 1.165) is 11.3 Å². The van der Waals surface area contributed by atoms with E-state index >= 15 is 0 Å². The van der Waals surface area contributed by atoms with Crippen LogP contribution < -0.4 is 0 Å². The number of aliphatic imine (C=N–C) groups is 1. The van der Waals surface area contributed by atoms with Crippen LogP contribution >= 0.6 is 0 Å². The van der Waals surface area contributed by atoms with Crippen molar-refractivity contribution in [2.45, 2.75) is 32.6 Å². The van der Waals surface area contributed by atoms with Gasteiger partial charge >= 0.3 is 0 Å². The Morgan fingerprint density at radius 3 is 2.94 bits per heavy atom. The van der Waals surface area contributed by atoms with Gasteiger partial charge in [-0.15, -0.1) is 5.73 Å². The van der Waals surface area contributed by atoms with Gasteiger partial charge in [-0.2, -0.15) is 0 Å². The summed E-state index contributed by atoms with van der Waals surface area (Å²) in [5, 5.41) is 0. The van der Waals surface area contributed by atoms with Crippen LogP contribution in [0.1, 0.15) is 42.9 Å². The van der Waals surface area contributed by atoms with E-state index in [1.807, 2.05) is 6.21 Å². The first kappa shape index (κ1) is 10.9. The fraction of sp³-hybridized carbons (Fsp3) is 0.333. The second kappa shape index (κ2) is 4.96. The van der Waals surface area contributed by atoms with E-state index < -0.39 is 0 Å². The number of hydrogen-bond acceptors (Lipinski definition) is 1. The van der Waals surface area contributed by atoms with E-state index in [2.05, 4.69) is 42.4 Å². The first-order chi connectivity index (χ1) is 7.85. The van der Waals surface area contributed by atoms with Gasteiger partial charge in [0.05, 0.1) is 0 Å². The lowest BCUT2D eigenvalue weighted by molar-refractivity contribution is 0.717. The molecule has 1 heterocycles. The molecule has 1 heteroatoms. The molecule has 1 nitrogen and oxygen atoms in total. The summed E-state index contributed by atoms with van der Waals surface area (Å²) in [5.74, 6) is 0. The summed E-state index contributed by atoms with van der Waals surface area (Å²) in [6, 6.07) is 6.57. The van der Waals surface area contributed by atoms with Crippen LogP contribution in [-0.2, 0) is 6.42 Å². The van der Waals surface area contributed by atoms with Crippen LogP contribution in [-0.4, -0.2) is 6.21 Å². The molecule has 0 aromatic heterocycles. The molecule has 0 bridgehead atoms. The third-order valence-electron chi connectivity index (χ3n) is 2.94. The molecule has 1 aromatic carbocycles. The van der Waals surface area contributed by atoms with Gasteiger partial charge < -0.3 is 0 Å². The van der Waals surface area contributed by atoms with Gasteiger partial charge in [0, 0.05) is 17.3 Å². The molecular formula is C15H17N. The van der Waals surface area contributed by atoms with Crippen molar-refractivity contribution >= 4 is 11.9 Å². The predicted molar refractivity (Wildman–Crippen MR) is 69.8 cm³/mol. The summed E-state index contributed by atoms with van der Waals surface area (Å²) < 4.78 is 0. The predicted octanol–water partition coefficient (Wildman–Crippen LogP) is 3.98. The topological polar surface area (TPSA) is 12.4 Å². The maximum Gasteiger partial charge on any atom is 0.112 e. The molecule has 0 N–H and O–H groups in total. The average Bonchev–Trinajstić information content (AvgIpc) is 2.71. The minimum atomic E-state index is 0.870. The van der Waals surface area contributed by atoms with Crippen molar-refractivity contribution in [3.63, 3.8) is 0 Å². The fourth-order valence-electron chi connectivity index (χ4n) is 2.01. The summed E-state index contributed by atoms with van der Waals surface area (Å²) in [6.07, 6.45) is 6.93. The molecule has 0 atom stereocenters. The minimum absolute atomic E-state index is 0.870. The third-order valence-corrected chi connectivity index (χ3v) is 2.94. The molecule has 2 rings (SSSR count). The summed E-state index contributed by atoms with van der Waals surface area (Å²) in [6.45, 7) is 5.88. The second-order valence-corrected chi connectivity index (χ2v) is 4.16. The van der Waals surface area contributed by atoms with Crippen LogP contribution in [0.4, 0.5) is 0 Å². The maximum absolute atomic E-state index is 4.28. The van der Waals surface area contributed by atoms with Crippen molar-refractivity contribution in [2.24, 2.45) is 4.99 Å². The fourth-order valence-corrected chi connectivity index (χ4v) is 2.01. The number of benzene rings is 1. The van der Waals surface area contributed by atoms with Gasteiger partial charge in [-0.1, -0.05) is 38.5 Å². The number of fused-ring (bicyclic) bond motifs is 1. The van der Waals surface area contributed by atoms with Gasteiger partial charge in [-0.3, -0.25) is 0 Å². The van der Waals surface area contributed by atoms with E-state index in [4.69, 9.17) is 0 Å². The van der Waals surface area contributed by atoms with Crippen LogP contribution in [0.3, 0.4) is 0 Å². The van der Waals surface area contributed by atoms with Crippen molar-refractivity contribution in [3.8, 4) is 0 Å². The Hall–Kier alpha value is -1.59. The third kappa shape index (κ3) is 2.15. The Morgan fingerprint density at radius 2 is 2.19 bits per heavy atom. The summed E-state index contributed by atoms with van der Waals surface area (Å²) >= 11 is 0. The number of nitrogens with zero attached hydrogens (tertiary/aromatic N) is 1. The monoisotopic (exact) mass is 211 g/mol. The normalized spacial score (nSPS) is 12.7. The van der Waals surface area contributed by atoms with Crippen LogP contribution in [0.5, 0.6) is 0 Å². The van der Waals surface area contributed by atoms with Crippen LogP contribution in [0.25, 0.3) is 5.70 Å². The SMILES string of the molecule is C=C=C1N=Cc2cc(CCCCC)ccc21. The molecule has 0 fully saturated rings. The summed E-state index contributed by atoms with van der Waals surface area (Å²) in [4.78, 5) is 4.28. The summed E-state index contributed by atoms with van der Waals surface area (Å²) in [5.41, 5.74) is 7.51. The zero-order valence-corrected chi connectivity index (χ0v) is 9.79. The van der Waals surface area contributed by atoms with Gasteiger partial charge in [0.25, 0.3) is 0 Å². The molecule has 1 aliphatic rings. The minimum Gasteiger partial charge on any atom is -0.247 e. The van der Waals surface area contributed by atoms with E-state index in [0.29, 0.717) is 0 Å². The van der Waals surface area contributed by atoms with Crippen molar-refractivity contribution in [1.29, 1.82) is 0 Å². The molecule has 1 aliphatic heterocycles. The average molecular weight is 211 g/mol. The molecule has 16 heavy (non-hydrogen) atoms. The lowest BCUT2D eigenvalue weighted by atomic mass is 10.0. The number of rotatable bonds is 4. The smallest absolute Gasteiger partial charge is 0.112 e. The molecule has 0 unspecified atom stereocenters.